The van der Waals surface area contributed by atoms with Crippen molar-refractivity contribution >= 4 is 39.8 Å². The molecule has 0 aliphatic heterocycles. The molecule has 5 nitrogen and oxygen atoms in total. The third-order valence-corrected chi connectivity index (χ3v) is 6.61. The highest BCUT2D eigenvalue weighted by Crippen LogP contribution is 2.41. The van der Waals surface area contributed by atoms with Gasteiger partial charge in [0.25, 0.3) is 5.91 Å². The van der Waals surface area contributed by atoms with Gasteiger partial charge >= 0.3 is 5.97 Å². The molecule has 1 N–H and O–H groups in total. The van der Waals surface area contributed by atoms with Gasteiger partial charge in [-0.2, -0.15) is 0 Å². The lowest BCUT2D eigenvalue weighted by Gasteiger charge is -2.20. The van der Waals surface area contributed by atoms with Gasteiger partial charge in [0.1, 0.15) is 16.3 Å². The lowest BCUT2D eigenvalue weighted by Crippen LogP contribution is -2.30. The Morgan fingerprint density at radius 1 is 1.06 bits per heavy atom. The van der Waals surface area contributed by atoms with Gasteiger partial charge in [0, 0.05) is 15.5 Å². The van der Waals surface area contributed by atoms with Gasteiger partial charge in [0.2, 0.25) is 0 Å². The quantitative estimate of drug-likeness (QED) is 0.347. The molecule has 34 heavy (non-hydrogen) atoms. The van der Waals surface area contributed by atoms with Crippen molar-refractivity contribution in [2.24, 2.45) is 0 Å². The Morgan fingerprint density at radius 3 is 2.24 bits per heavy atom. The fourth-order valence-electron chi connectivity index (χ4n) is 3.50. The van der Waals surface area contributed by atoms with Crippen LogP contribution in [0.2, 0.25) is 5.02 Å². The van der Waals surface area contributed by atoms with Crippen molar-refractivity contribution in [1.82, 2.24) is 0 Å². The molecule has 0 aliphatic carbocycles. The summed E-state index contributed by atoms with van der Waals surface area (Å²) in [5, 5.41) is 3.91. The predicted octanol–water partition coefficient (Wildman–Crippen LogP) is 7.26. The Hall–Kier alpha value is -2.83. The highest BCUT2D eigenvalue weighted by atomic mass is 35.5. The topological polar surface area (TPSA) is 64.6 Å². The van der Waals surface area contributed by atoms with Crippen LogP contribution in [0.5, 0.6) is 5.75 Å². The van der Waals surface area contributed by atoms with Crippen LogP contribution in [0.3, 0.4) is 0 Å². The number of thiophene rings is 1. The largest absolute Gasteiger partial charge is 0.481 e. The van der Waals surface area contributed by atoms with E-state index in [0.29, 0.717) is 21.3 Å². The number of rotatable bonds is 7. The van der Waals surface area contributed by atoms with E-state index in [9.17, 15) is 9.59 Å². The van der Waals surface area contributed by atoms with E-state index in [1.165, 1.54) is 16.9 Å². The summed E-state index contributed by atoms with van der Waals surface area (Å²) in [7, 11) is 0. The molecule has 0 saturated carbocycles. The third kappa shape index (κ3) is 5.99. The van der Waals surface area contributed by atoms with Crippen LogP contribution < -0.4 is 10.1 Å². The van der Waals surface area contributed by atoms with Crippen molar-refractivity contribution in [3.63, 3.8) is 0 Å². The van der Waals surface area contributed by atoms with E-state index in [4.69, 9.17) is 21.1 Å². The van der Waals surface area contributed by atoms with Gasteiger partial charge in [-0.05, 0) is 61.6 Å². The fraction of sp³-hybridized carbons (Fsp3) is 0.333. The monoisotopic (exact) mass is 499 g/mol. The van der Waals surface area contributed by atoms with E-state index in [-0.39, 0.29) is 17.9 Å². The van der Waals surface area contributed by atoms with Crippen molar-refractivity contribution < 1.29 is 19.1 Å². The number of hydrogen-bond donors (Lipinski definition) is 1. The molecule has 180 valence electrons. The summed E-state index contributed by atoms with van der Waals surface area (Å²) < 4.78 is 11.2. The summed E-state index contributed by atoms with van der Waals surface area (Å²) in [5.74, 6) is -0.238. The summed E-state index contributed by atoms with van der Waals surface area (Å²) in [4.78, 5) is 26.7. The fourth-order valence-corrected chi connectivity index (χ4v) is 4.69. The maximum atomic E-state index is 13.0. The smallest absolute Gasteiger partial charge is 0.341 e. The second-order valence-electron chi connectivity index (χ2n) is 8.99. The number of ether oxygens (including phenoxy) is 2. The number of nitrogens with one attached hydrogen (secondary N) is 1. The van der Waals surface area contributed by atoms with E-state index < -0.39 is 12.1 Å². The zero-order valence-corrected chi connectivity index (χ0v) is 21.9. The van der Waals surface area contributed by atoms with Crippen molar-refractivity contribution in [3.8, 4) is 16.9 Å². The Morgan fingerprint density at radius 2 is 1.68 bits per heavy atom. The van der Waals surface area contributed by atoms with Crippen LogP contribution in [0.1, 0.15) is 55.4 Å². The molecule has 2 aromatic carbocycles. The molecule has 0 radical (unpaired) electrons. The summed E-state index contributed by atoms with van der Waals surface area (Å²) in [5.41, 5.74) is 3.09. The molecule has 1 atom stereocenters. The number of benzene rings is 2. The highest BCUT2D eigenvalue weighted by Gasteiger charge is 2.27. The number of halogens is 1. The maximum absolute atomic E-state index is 13.0. The minimum atomic E-state index is -0.767. The van der Waals surface area contributed by atoms with Crippen molar-refractivity contribution in [2.75, 3.05) is 11.9 Å². The van der Waals surface area contributed by atoms with Crippen LogP contribution in [0.25, 0.3) is 11.1 Å². The first-order chi connectivity index (χ1) is 16.0. The van der Waals surface area contributed by atoms with Gasteiger partial charge in [0.15, 0.2) is 6.10 Å². The lowest BCUT2D eigenvalue weighted by atomic mass is 9.87. The zero-order valence-electron chi connectivity index (χ0n) is 20.3. The SMILES string of the molecule is CCOC(=O)c1c(NC(=O)C(C)Oc2ccc(C(C)(C)C)cc2)sc(C)c1-c1ccc(Cl)cc1. The molecular formula is C27H30ClNO4S. The number of carbonyl (C=O) groups excluding carboxylic acids is 2. The van der Waals surface area contributed by atoms with Gasteiger partial charge in [-0.3, -0.25) is 4.79 Å². The number of carbonyl (C=O) groups is 2. The van der Waals surface area contributed by atoms with Crippen molar-refractivity contribution in [1.29, 1.82) is 0 Å². The van der Waals surface area contributed by atoms with E-state index in [2.05, 4.69) is 26.1 Å². The normalized spacial score (nSPS) is 12.2. The number of hydrogen-bond acceptors (Lipinski definition) is 5. The van der Waals surface area contributed by atoms with Crippen molar-refractivity contribution in [3.05, 3.63) is 69.6 Å². The van der Waals surface area contributed by atoms with Crippen LogP contribution in [-0.4, -0.2) is 24.6 Å². The highest BCUT2D eigenvalue weighted by molar-refractivity contribution is 7.17. The minimum Gasteiger partial charge on any atom is -0.481 e. The van der Waals surface area contributed by atoms with Crippen LogP contribution >= 0.6 is 22.9 Å². The summed E-state index contributed by atoms with van der Waals surface area (Å²) in [6.45, 7) is 12.0. The van der Waals surface area contributed by atoms with Crippen LogP contribution in [0, 0.1) is 6.92 Å². The van der Waals surface area contributed by atoms with Crippen LogP contribution in [0.4, 0.5) is 5.00 Å². The molecule has 0 bridgehead atoms. The first kappa shape index (κ1) is 25.8. The van der Waals surface area contributed by atoms with Gasteiger partial charge in [0.05, 0.1) is 6.61 Å². The Balaban J connectivity index is 1.85. The molecule has 1 amide bonds. The van der Waals surface area contributed by atoms with E-state index in [1.54, 1.807) is 26.0 Å². The second-order valence-corrected chi connectivity index (χ2v) is 10.6. The molecule has 0 spiro atoms. The Kier molecular flexibility index (Phi) is 8.05. The number of anilines is 1. The average molecular weight is 500 g/mol. The summed E-state index contributed by atoms with van der Waals surface area (Å²) >= 11 is 7.37. The van der Waals surface area contributed by atoms with Gasteiger partial charge in [-0.1, -0.05) is 56.6 Å². The molecule has 0 saturated heterocycles. The number of amides is 1. The van der Waals surface area contributed by atoms with Gasteiger partial charge in [-0.15, -0.1) is 11.3 Å². The standard InChI is InChI=1S/C27H30ClNO4S/c1-7-32-26(31)23-22(18-8-12-20(28)13-9-18)17(3)34-25(23)29-24(30)16(2)33-21-14-10-19(11-15-21)27(4,5)6/h8-16H,7H2,1-6H3,(H,29,30). The van der Waals surface area contributed by atoms with Crippen molar-refractivity contribution in [2.45, 2.75) is 53.1 Å². The molecular weight excluding hydrogens is 470 g/mol. The van der Waals surface area contributed by atoms with Crippen LogP contribution in [-0.2, 0) is 14.9 Å². The summed E-state index contributed by atoms with van der Waals surface area (Å²) in [6.07, 6.45) is -0.767. The molecule has 1 aromatic heterocycles. The average Bonchev–Trinajstić information content (AvgIpc) is 3.09. The molecule has 0 aliphatic rings. The zero-order chi connectivity index (χ0) is 25.0. The van der Waals surface area contributed by atoms with E-state index in [0.717, 1.165) is 16.0 Å². The maximum Gasteiger partial charge on any atom is 0.341 e. The predicted molar refractivity (Wildman–Crippen MR) is 139 cm³/mol. The lowest BCUT2D eigenvalue weighted by molar-refractivity contribution is -0.122. The summed E-state index contributed by atoms with van der Waals surface area (Å²) in [6, 6.07) is 15.0. The number of aryl methyl sites for hydroxylation is 1. The molecule has 7 heteroatoms. The Labute approximate surface area is 210 Å². The molecule has 3 aromatic rings. The molecule has 0 fully saturated rings. The van der Waals surface area contributed by atoms with Crippen LogP contribution in [0.15, 0.2) is 48.5 Å². The van der Waals surface area contributed by atoms with Gasteiger partial charge < -0.3 is 14.8 Å². The molecule has 1 heterocycles. The molecule has 1 unspecified atom stereocenters. The van der Waals surface area contributed by atoms with E-state index in [1.807, 2.05) is 43.3 Å². The molecule has 3 rings (SSSR count). The van der Waals surface area contributed by atoms with Gasteiger partial charge in [-0.25, -0.2) is 4.79 Å². The first-order valence-electron chi connectivity index (χ1n) is 11.2. The van der Waals surface area contributed by atoms with E-state index >= 15 is 0 Å². The number of esters is 1. The third-order valence-electron chi connectivity index (χ3n) is 5.34. The second kappa shape index (κ2) is 10.6. The first-order valence-corrected chi connectivity index (χ1v) is 12.3. The Bertz CT molecular complexity index is 1160. The minimum absolute atomic E-state index is 0.0316.